The minimum atomic E-state index is -5.17. The van der Waals surface area contributed by atoms with E-state index in [1.54, 1.807) is 0 Å². The molecule has 0 unspecified atom stereocenters. The molecule has 1 N–H and O–H groups in total. The fourth-order valence-corrected chi connectivity index (χ4v) is 0. The molecule has 0 spiro atoms. The molecule has 69 valence electrons. The summed E-state index contributed by atoms with van der Waals surface area (Å²) in [5, 5.41) is 0. The topological polar surface area (TPSA) is 158 Å². The summed E-state index contributed by atoms with van der Waals surface area (Å²) in [7, 11) is -10.1. The van der Waals surface area contributed by atoms with Crippen LogP contribution in [-0.2, 0) is 37.9 Å². The van der Waals surface area contributed by atoms with Crippen molar-refractivity contribution in [1.29, 1.82) is 0 Å². The van der Waals surface area contributed by atoms with Crippen molar-refractivity contribution in [2.24, 2.45) is 0 Å². The van der Waals surface area contributed by atoms with E-state index < -0.39 is 20.8 Å². The molecule has 0 rings (SSSR count). The fourth-order valence-electron chi connectivity index (χ4n) is 0. The van der Waals surface area contributed by atoms with E-state index in [1.165, 1.54) is 0 Å². The minimum Gasteiger partial charge on any atom is -0.759 e. The zero-order valence-electron chi connectivity index (χ0n) is 4.48. The van der Waals surface area contributed by atoms with Crippen LogP contribution in [0.15, 0.2) is 0 Å². The molecule has 0 saturated heterocycles. The summed E-state index contributed by atoms with van der Waals surface area (Å²) in [6, 6.07) is 0. The third-order valence-corrected chi connectivity index (χ3v) is 0. The Morgan fingerprint density at radius 2 is 0.909 bits per heavy atom. The van der Waals surface area contributed by atoms with E-state index in [0.29, 0.717) is 0 Å². The summed E-state index contributed by atoms with van der Waals surface area (Å²) in [6.07, 6.45) is 0. The second-order valence-electron chi connectivity index (χ2n) is 0.836. The summed E-state index contributed by atoms with van der Waals surface area (Å²) >= 11 is 0. The van der Waals surface area contributed by atoms with E-state index in [1.807, 2.05) is 0 Å². The van der Waals surface area contributed by atoms with Gasteiger partial charge in [-0.25, -0.2) is 8.42 Å². The molecule has 0 saturated carbocycles. The molecule has 0 aliphatic heterocycles. The first-order valence-corrected chi connectivity index (χ1v) is 4.05. The van der Waals surface area contributed by atoms with Gasteiger partial charge < -0.3 is 13.7 Å². The number of hydrogen-bond donors (Lipinski definition) is 1. The molecule has 8 nitrogen and oxygen atoms in total. The Bertz CT molecular complexity index is 208. The van der Waals surface area contributed by atoms with Crippen LogP contribution < -0.4 is 0 Å². The smallest absolute Gasteiger partial charge is 0.759 e. The molecule has 11 heavy (non-hydrogen) atoms. The van der Waals surface area contributed by atoms with Gasteiger partial charge in [0, 0.05) is 10.4 Å². The van der Waals surface area contributed by atoms with Gasteiger partial charge in [-0.3, -0.25) is 13.0 Å². The van der Waals surface area contributed by atoms with Gasteiger partial charge in [0.15, 0.2) is 0 Å². The van der Waals surface area contributed by atoms with Crippen LogP contribution in [0.2, 0.25) is 0 Å². The predicted octanol–water partition coefficient (Wildman–Crippen LogP) is -2.34. The average Bonchev–Trinajstić information content (AvgIpc) is 1.12. The second-order valence-corrected chi connectivity index (χ2v) is 2.51. The van der Waals surface area contributed by atoms with Crippen molar-refractivity contribution in [2.75, 3.05) is 0 Å². The van der Waals surface area contributed by atoms with Gasteiger partial charge in [-0.15, -0.1) is 0 Å². The largest absolute Gasteiger partial charge is 3.00 e. The van der Waals surface area contributed by atoms with E-state index in [-0.39, 0.29) is 17.1 Å². The van der Waals surface area contributed by atoms with Crippen molar-refractivity contribution >= 4 is 20.8 Å². The van der Waals surface area contributed by atoms with Crippen LogP contribution >= 0.6 is 0 Å². The fraction of sp³-hybridized carbons (Fsp3) is 0. The molecule has 0 amide bonds. The first-order valence-electron chi connectivity index (χ1n) is 1.35. The zero-order valence-corrected chi connectivity index (χ0v) is 7.21. The molecule has 0 aromatic carbocycles. The third-order valence-electron chi connectivity index (χ3n) is 0. The maximum Gasteiger partial charge on any atom is 3.00 e. The van der Waals surface area contributed by atoms with Gasteiger partial charge >= 0.3 is 17.1 Å². The number of rotatable bonds is 0. The van der Waals surface area contributed by atoms with Crippen molar-refractivity contribution in [3.05, 3.63) is 0 Å². The molecule has 0 aromatic heterocycles. The van der Waals surface area contributed by atoms with Crippen LogP contribution in [0.4, 0.5) is 0 Å². The Balaban J connectivity index is -0.000000107. The van der Waals surface area contributed by atoms with Gasteiger partial charge in [0.25, 0.3) is 0 Å². The molecule has 0 fully saturated rings. The van der Waals surface area contributed by atoms with Gasteiger partial charge in [-0.2, -0.15) is 0 Å². The Kier molecular flexibility index (Phi) is 9.24. The Labute approximate surface area is 73.2 Å². The SMILES string of the molecule is O=S(=O)([O-])O.O=S(=O)([O-])[O-].[Fe+3]. The monoisotopic (exact) mass is 249 g/mol. The first kappa shape index (κ1) is 17.4. The maximum atomic E-state index is 8.63. The molecule has 11 heteroatoms. The van der Waals surface area contributed by atoms with E-state index in [0.717, 1.165) is 0 Å². The van der Waals surface area contributed by atoms with Crippen LogP contribution in [-0.4, -0.2) is 35.0 Å². The van der Waals surface area contributed by atoms with Crippen molar-refractivity contribution in [3.8, 4) is 0 Å². The Hall–Kier alpha value is 0.259. The van der Waals surface area contributed by atoms with E-state index in [4.69, 9.17) is 35.0 Å². The van der Waals surface area contributed by atoms with E-state index in [9.17, 15) is 0 Å². The van der Waals surface area contributed by atoms with Crippen LogP contribution in [0.1, 0.15) is 0 Å². The van der Waals surface area contributed by atoms with Gasteiger partial charge in [0.05, 0.1) is 0 Å². The summed E-state index contributed by atoms with van der Waals surface area (Å²) < 4.78 is 66.9. The normalized spacial score (nSPS) is 10.5. The maximum absolute atomic E-state index is 8.63. The molecule has 0 aliphatic rings. The van der Waals surface area contributed by atoms with Crippen LogP contribution in [0.25, 0.3) is 0 Å². The number of hydrogen-bond acceptors (Lipinski definition) is 7. The molecule has 0 aromatic rings. The minimum absolute atomic E-state index is 0. The molecule has 0 aliphatic carbocycles. The molecule has 1 radical (unpaired) electrons. The van der Waals surface area contributed by atoms with Gasteiger partial charge in [-0.1, -0.05) is 0 Å². The molecule has 0 bridgehead atoms. The Morgan fingerprint density at radius 1 is 0.909 bits per heavy atom. The molecule has 0 heterocycles. The quantitative estimate of drug-likeness (QED) is 0.284. The van der Waals surface area contributed by atoms with Gasteiger partial charge in [0.1, 0.15) is 0 Å². The van der Waals surface area contributed by atoms with Crippen LogP contribution in [0, 0.1) is 0 Å². The van der Waals surface area contributed by atoms with Crippen molar-refractivity contribution < 1.29 is 52.1 Å². The second kappa shape index (κ2) is 5.85. The average molecular weight is 249 g/mol. The van der Waals surface area contributed by atoms with E-state index >= 15 is 0 Å². The zero-order chi connectivity index (χ0) is 9.00. The van der Waals surface area contributed by atoms with Crippen molar-refractivity contribution in [1.82, 2.24) is 0 Å². The molecule has 0 atom stereocenters. The van der Waals surface area contributed by atoms with Crippen molar-refractivity contribution in [2.45, 2.75) is 0 Å². The standard InChI is InChI=1S/Fe.2H2O4S/c;2*1-5(2,3)4/h;2*(H2,1,2,3,4)/q+3;;/p-3. The van der Waals surface area contributed by atoms with Gasteiger partial charge in [0.2, 0.25) is 10.4 Å². The van der Waals surface area contributed by atoms with Crippen LogP contribution in [0.3, 0.4) is 0 Å². The summed E-state index contributed by atoms with van der Waals surface area (Å²) in [4.78, 5) is 0. The summed E-state index contributed by atoms with van der Waals surface area (Å²) in [5.74, 6) is 0. The van der Waals surface area contributed by atoms with E-state index in [2.05, 4.69) is 0 Å². The van der Waals surface area contributed by atoms with Crippen molar-refractivity contribution in [3.63, 3.8) is 0 Å². The summed E-state index contributed by atoms with van der Waals surface area (Å²) in [6.45, 7) is 0. The Morgan fingerprint density at radius 3 is 0.909 bits per heavy atom. The first-order chi connectivity index (χ1) is 4.00. The molecular formula is HFeO8S2. The van der Waals surface area contributed by atoms with Gasteiger partial charge in [-0.05, 0) is 0 Å². The predicted molar refractivity (Wildman–Crippen MR) is 22.8 cm³/mol. The third kappa shape index (κ3) is 10400. The van der Waals surface area contributed by atoms with Crippen LogP contribution in [0.5, 0.6) is 0 Å². The molecular weight excluding hydrogens is 248 g/mol. The summed E-state index contributed by atoms with van der Waals surface area (Å²) in [5.41, 5.74) is 0.